The average Bonchev–Trinajstić information content (AvgIpc) is 2.60. The molecule has 0 heterocycles. The van der Waals surface area contributed by atoms with Crippen molar-refractivity contribution in [2.45, 2.75) is 22.0 Å². The van der Waals surface area contributed by atoms with Crippen LogP contribution in [0.15, 0.2) is 48.5 Å². The first-order valence-electron chi connectivity index (χ1n) is 7.68. The molecule has 0 saturated carbocycles. The van der Waals surface area contributed by atoms with Crippen LogP contribution in [0.25, 0.3) is 0 Å². The highest BCUT2D eigenvalue weighted by Gasteiger charge is 2.31. The van der Waals surface area contributed by atoms with Gasteiger partial charge in [-0.05, 0) is 35.4 Å². The van der Waals surface area contributed by atoms with Crippen molar-refractivity contribution < 1.29 is 26.3 Å². The van der Waals surface area contributed by atoms with E-state index < -0.39 is 23.5 Å². The number of alkyl halides is 8. The van der Waals surface area contributed by atoms with Crippen LogP contribution in [0, 0.1) is 0 Å². The molecule has 0 aliphatic heterocycles. The normalized spacial score (nSPS) is 14.8. The molecule has 27 heavy (non-hydrogen) atoms. The Kier molecular flexibility index (Phi) is 7.72. The van der Waals surface area contributed by atoms with Crippen LogP contribution >= 0.6 is 43.6 Å². The van der Waals surface area contributed by atoms with Gasteiger partial charge in [0.05, 0.1) is 11.1 Å². The minimum Gasteiger partial charge on any atom is -0.166 e. The quantitative estimate of drug-likeness (QED) is 0.266. The molecular formula is C18H14Br2F6S. The lowest BCUT2D eigenvalue weighted by Crippen LogP contribution is -2.05. The number of halogens is 8. The molecule has 0 fully saturated rings. The molecule has 0 bridgehead atoms. The van der Waals surface area contributed by atoms with Gasteiger partial charge >= 0.3 is 12.4 Å². The highest BCUT2D eigenvalue weighted by Crippen LogP contribution is 2.35. The monoisotopic (exact) mass is 534 g/mol. The molecular weight excluding hydrogens is 522 g/mol. The fourth-order valence-electron chi connectivity index (χ4n) is 2.23. The Morgan fingerprint density at radius 1 is 0.630 bits per heavy atom. The van der Waals surface area contributed by atoms with Gasteiger partial charge in [-0.15, -0.1) is 0 Å². The third-order valence-corrected chi connectivity index (χ3v) is 7.43. The van der Waals surface area contributed by atoms with Crippen LogP contribution < -0.4 is 0 Å². The Bertz CT molecular complexity index is 662. The second-order valence-electron chi connectivity index (χ2n) is 5.71. The third-order valence-electron chi connectivity index (χ3n) is 3.73. The Balaban J connectivity index is 1.86. The van der Waals surface area contributed by atoms with E-state index in [1.54, 1.807) is 11.8 Å². The number of thioether (sulfide) groups is 1. The Morgan fingerprint density at radius 2 is 0.926 bits per heavy atom. The van der Waals surface area contributed by atoms with Crippen LogP contribution in [-0.2, 0) is 12.4 Å². The van der Waals surface area contributed by atoms with Crippen molar-refractivity contribution in [1.82, 2.24) is 0 Å². The molecule has 2 rings (SSSR count). The van der Waals surface area contributed by atoms with Gasteiger partial charge in [-0.3, -0.25) is 0 Å². The van der Waals surface area contributed by atoms with Gasteiger partial charge in [-0.2, -0.15) is 38.1 Å². The standard InChI is InChI=1S/C18H14Br2F6S/c19-15(11-1-5-13(6-2-11)17(21,22)23)9-27-10-16(20)12-3-7-14(8-4-12)18(24,25)26/h1-8,15-16H,9-10H2. The fraction of sp³-hybridized carbons (Fsp3) is 0.333. The van der Waals surface area contributed by atoms with Crippen molar-refractivity contribution in [3.63, 3.8) is 0 Å². The van der Waals surface area contributed by atoms with Gasteiger partial charge in [-0.25, -0.2) is 0 Å². The van der Waals surface area contributed by atoms with E-state index in [0.717, 1.165) is 35.4 Å². The second-order valence-corrected chi connectivity index (χ2v) is 9.00. The summed E-state index contributed by atoms with van der Waals surface area (Å²) in [6.45, 7) is 0. The van der Waals surface area contributed by atoms with Crippen LogP contribution in [0.3, 0.4) is 0 Å². The fourth-order valence-corrected chi connectivity index (χ4v) is 4.90. The number of benzene rings is 2. The van der Waals surface area contributed by atoms with Crippen LogP contribution in [0.2, 0.25) is 0 Å². The summed E-state index contributed by atoms with van der Waals surface area (Å²) in [6.07, 6.45) is -8.72. The van der Waals surface area contributed by atoms with Crippen molar-refractivity contribution in [2.24, 2.45) is 0 Å². The van der Waals surface area contributed by atoms with Crippen LogP contribution in [0.1, 0.15) is 31.9 Å². The maximum Gasteiger partial charge on any atom is 0.416 e. The lowest BCUT2D eigenvalue weighted by atomic mass is 10.1. The SMILES string of the molecule is FC(F)(F)c1ccc(C(Br)CSCC(Br)c2ccc(C(F)(F)F)cc2)cc1. The summed E-state index contributed by atoms with van der Waals surface area (Å²) >= 11 is 8.45. The van der Waals surface area contributed by atoms with Gasteiger partial charge in [0, 0.05) is 21.2 Å². The molecule has 0 aliphatic carbocycles. The summed E-state index contributed by atoms with van der Waals surface area (Å²) in [5.74, 6) is 1.21. The zero-order chi connectivity index (χ0) is 20.2. The van der Waals surface area contributed by atoms with Crippen molar-refractivity contribution in [3.05, 3.63) is 70.8 Å². The Morgan fingerprint density at radius 3 is 1.19 bits per heavy atom. The first-order chi connectivity index (χ1) is 12.5. The smallest absolute Gasteiger partial charge is 0.166 e. The van der Waals surface area contributed by atoms with Gasteiger partial charge in [0.2, 0.25) is 0 Å². The van der Waals surface area contributed by atoms with Gasteiger partial charge in [0.15, 0.2) is 0 Å². The molecule has 148 valence electrons. The van der Waals surface area contributed by atoms with E-state index in [2.05, 4.69) is 31.9 Å². The van der Waals surface area contributed by atoms with Gasteiger partial charge in [-0.1, -0.05) is 56.1 Å². The van der Waals surface area contributed by atoms with Crippen molar-refractivity contribution in [1.29, 1.82) is 0 Å². The molecule has 0 radical (unpaired) electrons. The molecule has 0 spiro atoms. The van der Waals surface area contributed by atoms with E-state index in [4.69, 9.17) is 0 Å². The first kappa shape index (κ1) is 22.6. The summed E-state index contributed by atoms with van der Waals surface area (Å²) in [7, 11) is 0. The zero-order valence-electron chi connectivity index (χ0n) is 13.6. The molecule has 2 unspecified atom stereocenters. The molecule has 2 aromatic carbocycles. The topological polar surface area (TPSA) is 0 Å². The van der Waals surface area contributed by atoms with Crippen LogP contribution in [-0.4, -0.2) is 11.5 Å². The average molecular weight is 536 g/mol. The summed E-state index contributed by atoms with van der Waals surface area (Å²) in [5, 5.41) is 0. The number of rotatable bonds is 6. The minimum atomic E-state index is -4.36. The van der Waals surface area contributed by atoms with Gasteiger partial charge in [0.25, 0.3) is 0 Å². The molecule has 0 N–H and O–H groups in total. The van der Waals surface area contributed by atoms with Crippen LogP contribution in [0.5, 0.6) is 0 Å². The molecule has 0 saturated heterocycles. The molecule has 2 atom stereocenters. The summed E-state index contributed by atoms with van der Waals surface area (Å²) in [6, 6.07) is 9.92. The maximum atomic E-state index is 12.6. The van der Waals surface area contributed by atoms with E-state index in [1.165, 1.54) is 24.3 Å². The first-order valence-corrected chi connectivity index (χ1v) is 10.7. The Labute approximate surface area is 174 Å². The molecule has 2 aromatic rings. The van der Waals surface area contributed by atoms with Crippen LogP contribution in [0.4, 0.5) is 26.3 Å². The third kappa shape index (κ3) is 6.71. The van der Waals surface area contributed by atoms with E-state index in [9.17, 15) is 26.3 Å². The van der Waals surface area contributed by atoms with E-state index >= 15 is 0 Å². The van der Waals surface area contributed by atoms with E-state index in [0.29, 0.717) is 11.5 Å². The maximum absolute atomic E-state index is 12.6. The van der Waals surface area contributed by atoms with Crippen molar-refractivity contribution in [3.8, 4) is 0 Å². The highest BCUT2D eigenvalue weighted by molar-refractivity contribution is 9.09. The van der Waals surface area contributed by atoms with Crippen molar-refractivity contribution in [2.75, 3.05) is 11.5 Å². The van der Waals surface area contributed by atoms with E-state index in [-0.39, 0.29) is 9.65 Å². The predicted octanol–water partition coefficient (Wildman–Crippen LogP) is 8.03. The molecule has 0 aliphatic rings. The molecule has 9 heteroatoms. The molecule has 0 aromatic heterocycles. The number of hydrogen-bond acceptors (Lipinski definition) is 1. The van der Waals surface area contributed by atoms with Crippen molar-refractivity contribution >= 4 is 43.6 Å². The lowest BCUT2D eigenvalue weighted by Gasteiger charge is -2.15. The summed E-state index contributed by atoms with van der Waals surface area (Å²) in [5.41, 5.74) is 0.0789. The van der Waals surface area contributed by atoms with Gasteiger partial charge < -0.3 is 0 Å². The minimum absolute atomic E-state index is 0.128. The second kappa shape index (κ2) is 9.22. The molecule has 0 nitrogen and oxygen atoms in total. The number of hydrogen-bond donors (Lipinski definition) is 0. The summed E-state index contributed by atoms with van der Waals surface area (Å²) in [4.78, 5) is -0.255. The molecule has 0 amide bonds. The highest BCUT2D eigenvalue weighted by atomic mass is 79.9. The lowest BCUT2D eigenvalue weighted by molar-refractivity contribution is -0.138. The van der Waals surface area contributed by atoms with E-state index in [1.807, 2.05) is 0 Å². The van der Waals surface area contributed by atoms with Gasteiger partial charge in [0.1, 0.15) is 0 Å². The Hall–Kier alpha value is -0.670. The summed E-state index contributed by atoms with van der Waals surface area (Å²) < 4.78 is 75.5. The zero-order valence-corrected chi connectivity index (χ0v) is 17.6. The predicted molar refractivity (Wildman–Crippen MR) is 104 cm³/mol. The largest absolute Gasteiger partial charge is 0.416 e.